The number of methoxy groups -OCH3 is 1. The van der Waals surface area contributed by atoms with Gasteiger partial charge in [0.25, 0.3) is 5.91 Å². The molecule has 1 N–H and O–H groups in total. The predicted octanol–water partition coefficient (Wildman–Crippen LogP) is 3.04. The molecule has 1 aromatic carbocycles. The summed E-state index contributed by atoms with van der Waals surface area (Å²) in [6, 6.07) is 8.97. The molecule has 7 heteroatoms. The molecule has 0 aliphatic carbocycles. The topological polar surface area (TPSA) is 51.2 Å². The summed E-state index contributed by atoms with van der Waals surface area (Å²) in [7, 11) is 1.53. The second kappa shape index (κ2) is 6.46. The maximum atomic E-state index is 12.4. The summed E-state index contributed by atoms with van der Waals surface area (Å²) in [5, 5.41) is 2.61. The molecule has 0 aliphatic rings. The molecule has 4 nitrogen and oxygen atoms in total. The third kappa shape index (κ3) is 3.97. The number of ether oxygens (including phenoxy) is 1. The summed E-state index contributed by atoms with van der Waals surface area (Å²) in [5.41, 5.74) is -0.152. The average Bonchev–Trinajstić information content (AvgIpc) is 2.52. The molecule has 0 saturated carbocycles. The van der Waals surface area contributed by atoms with Gasteiger partial charge in [0.15, 0.2) is 0 Å². The van der Waals surface area contributed by atoms with E-state index in [-0.39, 0.29) is 12.1 Å². The van der Waals surface area contributed by atoms with Crippen LogP contribution in [0.1, 0.15) is 21.6 Å². The van der Waals surface area contributed by atoms with E-state index in [1.807, 2.05) is 0 Å². The van der Waals surface area contributed by atoms with Crippen molar-refractivity contribution in [1.82, 2.24) is 10.3 Å². The number of nitrogens with one attached hydrogen (secondary N) is 1. The molecular formula is C15H13F3N2O2. The quantitative estimate of drug-likeness (QED) is 0.944. The number of alkyl halides is 3. The van der Waals surface area contributed by atoms with E-state index >= 15 is 0 Å². The molecule has 116 valence electrons. The van der Waals surface area contributed by atoms with Crippen LogP contribution < -0.4 is 10.1 Å². The molecule has 2 aromatic rings. The third-order valence-corrected chi connectivity index (χ3v) is 2.90. The van der Waals surface area contributed by atoms with E-state index in [1.165, 1.54) is 7.11 Å². The van der Waals surface area contributed by atoms with E-state index in [9.17, 15) is 18.0 Å². The van der Waals surface area contributed by atoms with Crippen LogP contribution >= 0.6 is 0 Å². The molecule has 0 bridgehead atoms. The smallest absolute Gasteiger partial charge is 0.433 e. The highest BCUT2D eigenvalue weighted by Gasteiger charge is 2.32. The van der Waals surface area contributed by atoms with Gasteiger partial charge in [0.1, 0.15) is 11.4 Å². The minimum absolute atomic E-state index is 0.0656. The number of pyridine rings is 1. The molecule has 0 atom stereocenters. The molecule has 0 radical (unpaired) electrons. The van der Waals surface area contributed by atoms with Gasteiger partial charge in [-0.15, -0.1) is 0 Å². The Hall–Kier alpha value is -2.57. The van der Waals surface area contributed by atoms with Crippen LogP contribution in [0.25, 0.3) is 0 Å². The fourth-order valence-electron chi connectivity index (χ4n) is 1.76. The number of halogens is 3. The Labute approximate surface area is 124 Å². The van der Waals surface area contributed by atoms with Crippen molar-refractivity contribution in [3.63, 3.8) is 0 Å². The molecule has 0 fully saturated rings. The maximum absolute atomic E-state index is 12.4. The van der Waals surface area contributed by atoms with Crippen LogP contribution in [0.2, 0.25) is 0 Å². The number of carbonyl (C=O) groups excluding carboxylic acids is 1. The number of benzene rings is 1. The van der Waals surface area contributed by atoms with E-state index in [0.717, 1.165) is 23.9 Å². The van der Waals surface area contributed by atoms with Crippen molar-refractivity contribution < 1.29 is 22.7 Å². The first kappa shape index (κ1) is 15.8. The second-order valence-corrected chi connectivity index (χ2v) is 4.46. The first-order valence-electron chi connectivity index (χ1n) is 6.34. The number of carbonyl (C=O) groups is 1. The number of hydrogen-bond donors (Lipinski definition) is 1. The highest BCUT2D eigenvalue weighted by Crippen LogP contribution is 2.27. The Morgan fingerprint density at radius 2 is 2.05 bits per heavy atom. The lowest BCUT2D eigenvalue weighted by molar-refractivity contribution is -0.141. The van der Waals surface area contributed by atoms with Crippen molar-refractivity contribution in [2.45, 2.75) is 12.7 Å². The van der Waals surface area contributed by atoms with E-state index < -0.39 is 17.8 Å². The van der Waals surface area contributed by atoms with Gasteiger partial charge < -0.3 is 10.1 Å². The first-order valence-corrected chi connectivity index (χ1v) is 6.34. The average molecular weight is 310 g/mol. The van der Waals surface area contributed by atoms with Gasteiger partial charge in [-0.25, -0.2) is 0 Å². The number of rotatable bonds is 4. The zero-order valence-corrected chi connectivity index (χ0v) is 11.6. The first-order chi connectivity index (χ1) is 10.4. The molecule has 2 rings (SSSR count). The molecule has 0 aliphatic heterocycles. The zero-order chi connectivity index (χ0) is 16.2. The molecule has 1 aromatic heterocycles. The molecular weight excluding hydrogens is 297 g/mol. The summed E-state index contributed by atoms with van der Waals surface area (Å²) in [5.74, 6) is 0.159. The van der Waals surface area contributed by atoms with Crippen LogP contribution in [-0.2, 0) is 12.7 Å². The van der Waals surface area contributed by atoms with Crippen LogP contribution in [0.4, 0.5) is 13.2 Å². The highest BCUT2D eigenvalue weighted by atomic mass is 19.4. The van der Waals surface area contributed by atoms with Gasteiger partial charge in [0, 0.05) is 12.7 Å². The van der Waals surface area contributed by atoms with Gasteiger partial charge in [-0.3, -0.25) is 9.78 Å². The van der Waals surface area contributed by atoms with Gasteiger partial charge >= 0.3 is 6.18 Å². The maximum Gasteiger partial charge on any atom is 0.433 e. The standard InChI is InChI=1S/C15H13F3N2O2/c1-22-12-4-2-3-10(7-12)8-20-14(21)11-5-6-13(19-9-11)15(16,17)18/h2-7,9H,8H2,1H3,(H,20,21). The van der Waals surface area contributed by atoms with Gasteiger partial charge in [-0.05, 0) is 29.8 Å². The summed E-state index contributed by atoms with van der Waals surface area (Å²) in [4.78, 5) is 15.1. The molecule has 0 unspecified atom stereocenters. The molecule has 22 heavy (non-hydrogen) atoms. The Bertz CT molecular complexity index is 655. The summed E-state index contributed by atoms with van der Waals surface area (Å²) in [6.07, 6.45) is -3.61. The normalized spacial score (nSPS) is 11.1. The van der Waals surface area contributed by atoms with Crippen LogP contribution in [0, 0.1) is 0 Å². The largest absolute Gasteiger partial charge is 0.497 e. The minimum atomic E-state index is -4.52. The van der Waals surface area contributed by atoms with Crippen LogP contribution in [0.5, 0.6) is 5.75 Å². The Morgan fingerprint density at radius 3 is 2.64 bits per heavy atom. The summed E-state index contributed by atoms with van der Waals surface area (Å²) in [6.45, 7) is 0.233. The van der Waals surface area contributed by atoms with E-state index in [2.05, 4.69) is 10.3 Å². The van der Waals surface area contributed by atoms with Gasteiger partial charge in [0.2, 0.25) is 0 Å². The Kier molecular flexibility index (Phi) is 4.65. The third-order valence-electron chi connectivity index (χ3n) is 2.90. The Morgan fingerprint density at radius 1 is 1.27 bits per heavy atom. The lowest BCUT2D eigenvalue weighted by Crippen LogP contribution is -2.23. The van der Waals surface area contributed by atoms with Gasteiger partial charge in [-0.2, -0.15) is 13.2 Å². The van der Waals surface area contributed by atoms with Crippen molar-refractivity contribution in [1.29, 1.82) is 0 Å². The lowest BCUT2D eigenvalue weighted by Gasteiger charge is -2.08. The fourth-order valence-corrected chi connectivity index (χ4v) is 1.76. The van der Waals surface area contributed by atoms with E-state index in [0.29, 0.717) is 5.75 Å². The summed E-state index contributed by atoms with van der Waals surface area (Å²) < 4.78 is 42.2. The zero-order valence-electron chi connectivity index (χ0n) is 11.6. The monoisotopic (exact) mass is 310 g/mol. The van der Waals surface area contributed by atoms with Crippen LogP contribution in [0.15, 0.2) is 42.6 Å². The molecule has 1 heterocycles. The molecule has 1 amide bonds. The second-order valence-electron chi connectivity index (χ2n) is 4.46. The number of hydrogen-bond acceptors (Lipinski definition) is 3. The van der Waals surface area contributed by atoms with Gasteiger partial charge in [-0.1, -0.05) is 12.1 Å². The molecule has 0 spiro atoms. The molecule has 0 saturated heterocycles. The van der Waals surface area contributed by atoms with Crippen molar-refractivity contribution in [3.8, 4) is 5.75 Å². The van der Waals surface area contributed by atoms with Crippen molar-refractivity contribution in [2.24, 2.45) is 0 Å². The van der Waals surface area contributed by atoms with Crippen molar-refractivity contribution in [2.75, 3.05) is 7.11 Å². The minimum Gasteiger partial charge on any atom is -0.497 e. The fraction of sp³-hybridized carbons (Fsp3) is 0.200. The SMILES string of the molecule is COc1cccc(CNC(=O)c2ccc(C(F)(F)F)nc2)c1. The van der Waals surface area contributed by atoms with Crippen LogP contribution in [-0.4, -0.2) is 18.0 Å². The van der Waals surface area contributed by atoms with Crippen molar-refractivity contribution in [3.05, 3.63) is 59.4 Å². The number of amides is 1. The number of aromatic nitrogens is 1. The van der Waals surface area contributed by atoms with Crippen LogP contribution in [0.3, 0.4) is 0 Å². The summed E-state index contributed by atoms with van der Waals surface area (Å²) >= 11 is 0. The lowest BCUT2D eigenvalue weighted by atomic mass is 10.2. The van der Waals surface area contributed by atoms with E-state index in [1.54, 1.807) is 24.3 Å². The predicted molar refractivity (Wildman–Crippen MR) is 73.4 cm³/mol. The van der Waals surface area contributed by atoms with E-state index in [4.69, 9.17) is 4.74 Å². The number of nitrogens with zero attached hydrogens (tertiary/aromatic N) is 1. The van der Waals surface area contributed by atoms with Gasteiger partial charge in [0.05, 0.1) is 12.7 Å². The van der Waals surface area contributed by atoms with Crippen molar-refractivity contribution >= 4 is 5.91 Å². The highest BCUT2D eigenvalue weighted by molar-refractivity contribution is 5.93. The Balaban J connectivity index is 2.00.